The van der Waals surface area contributed by atoms with E-state index in [-0.39, 0.29) is 11.5 Å². The zero-order chi connectivity index (χ0) is 10.3. The van der Waals surface area contributed by atoms with Crippen LogP contribution in [-0.4, -0.2) is 12.6 Å². The monoisotopic (exact) mass is 178 g/mol. The number of nitrogens with one attached hydrogen (secondary N) is 1. The Balaban J connectivity index is 3.70. The van der Waals surface area contributed by atoms with Gasteiger partial charge in [-0.15, -0.1) is 6.42 Å². The Morgan fingerprint density at radius 3 is 2.54 bits per heavy atom. The summed E-state index contributed by atoms with van der Waals surface area (Å²) in [4.78, 5) is 0. The standard InChI is InChI=1S/C11H18N2/c1-5-10(6-2)13-8-7-11(3,4)9-12/h1,10,13H,6-8H2,2-4H3. The van der Waals surface area contributed by atoms with Crippen LogP contribution in [0.4, 0.5) is 0 Å². The second kappa shape index (κ2) is 5.62. The summed E-state index contributed by atoms with van der Waals surface area (Å²) >= 11 is 0. The lowest BCUT2D eigenvalue weighted by Gasteiger charge is -2.17. The van der Waals surface area contributed by atoms with Crippen molar-refractivity contribution in [3.63, 3.8) is 0 Å². The van der Waals surface area contributed by atoms with Crippen LogP contribution in [0.5, 0.6) is 0 Å². The molecule has 0 aliphatic heterocycles. The number of hydrogen-bond donors (Lipinski definition) is 1. The van der Waals surface area contributed by atoms with Gasteiger partial charge >= 0.3 is 0 Å². The molecule has 1 atom stereocenters. The Bertz CT molecular complexity index is 217. The normalized spacial score (nSPS) is 13.0. The van der Waals surface area contributed by atoms with E-state index in [1.165, 1.54) is 0 Å². The fraction of sp³-hybridized carbons (Fsp3) is 0.727. The zero-order valence-corrected chi connectivity index (χ0v) is 8.72. The molecule has 2 heteroatoms. The smallest absolute Gasteiger partial charge is 0.0684 e. The van der Waals surface area contributed by atoms with Gasteiger partial charge in [-0.05, 0) is 33.2 Å². The Labute approximate surface area is 81.3 Å². The first-order valence-electron chi connectivity index (χ1n) is 4.66. The molecule has 0 aromatic rings. The lowest BCUT2D eigenvalue weighted by Crippen LogP contribution is -2.30. The van der Waals surface area contributed by atoms with Crippen molar-refractivity contribution in [1.29, 1.82) is 5.26 Å². The molecule has 13 heavy (non-hydrogen) atoms. The van der Waals surface area contributed by atoms with Crippen molar-refractivity contribution in [3.8, 4) is 18.4 Å². The van der Waals surface area contributed by atoms with Crippen molar-refractivity contribution >= 4 is 0 Å². The molecule has 0 aromatic carbocycles. The van der Waals surface area contributed by atoms with E-state index in [2.05, 4.69) is 17.3 Å². The lowest BCUT2D eigenvalue weighted by atomic mass is 9.91. The molecule has 0 aromatic heterocycles. The van der Waals surface area contributed by atoms with Gasteiger partial charge in [-0.3, -0.25) is 0 Å². The molecule has 2 nitrogen and oxygen atoms in total. The number of nitriles is 1. The molecule has 0 saturated carbocycles. The predicted octanol–water partition coefficient (Wildman–Crippen LogP) is 1.93. The largest absolute Gasteiger partial charge is 0.304 e. The molecule has 0 radical (unpaired) electrons. The first kappa shape index (κ1) is 12.0. The molecule has 72 valence electrons. The molecular weight excluding hydrogens is 160 g/mol. The summed E-state index contributed by atoms with van der Waals surface area (Å²) in [5.41, 5.74) is -0.250. The maximum absolute atomic E-state index is 8.76. The van der Waals surface area contributed by atoms with E-state index in [4.69, 9.17) is 11.7 Å². The predicted molar refractivity (Wildman–Crippen MR) is 54.9 cm³/mol. The number of hydrogen-bond acceptors (Lipinski definition) is 2. The van der Waals surface area contributed by atoms with Gasteiger partial charge in [0.05, 0.1) is 17.5 Å². The maximum atomic E-state index is 8.76. The third kappa shape index (κ3) is 5.28. The maximum Gasteiger partial charge on any atom is 0.0684 e. The molecule has 0 bridgehead atoms. The van der Waals surface area contributed by atoms with Gasteiger partial charge in [0, 0.05) is 0 Å². The quantitative estimate of drug-likeness (QED) is 0.653. The summed E-state index contributed by atoms with van der Waals surface area (Å²) in [5, 5.41) is 12.0. The van der Waals surface area contributed by atoms with Gasteiger partial charge in [-0.25, -0.2) is 0 Å². The minimum Gasteiger partial charge on any atom is -0.304 e. The van der Waals surface area contributed by atoms with E-state index < -0.39 is 0 Å². The van der Waals surface area contributed by atoms with Crippen molar-refractivity contribution in [2.45, 2.75) is 39.7 Å². The highest BCUT2D eigenvalue weighted by molar-refractivity contribution is 4.98. The van der Waals surface area contributed by atoms with Gasteiger partial charge < -0.3 is 5.32 Å². The third-order valence-electron chi connectivity index (χ3n) is 2.05. The average Bonchev–Trinajstić information content (AvgIpc) is 2.12. The summed E-state index contributed by atoms with van der Waals surface area (Å²) in [5.74, 6) is 2.66. The van der Waals surface area contributed by atoms with E-state index in [9.17, 15) is 0 Å². The lowest BCUT2D eigenvalue weighted by molar-refractivity contribution is 0.422. The SMILES string of the molecule is C#CC(CC)NCCC(C)(C)C#N. The van der Waals surface area contributed by atoms with Crippen molar-refractivity contribution in [2.75, 3.05) is 6.54 Å². The molecule has 0 heterocycles. The highest BCUT2D eigenvalue weighted by Gasteiger charge is 2.15. The van der Waals surface area contributed by atoms with Crippen LogP contribution in [0.1, 0.15) is 33.6 Å². The highest BCUT2D eigenvalue weighted by atomic mass is 14.9. The van der Waals surface area contributed by atoms with Crippen LogP contribution >= 0.6 is 0 Å². The van der Waals surface area contributed by atoms with E-state index in [0.717, 1.165) is 19.4 Å². The van der Waals surface area contributed by atoms with Crippen LogP contribution in [0.15, 0.2) is 0 Å². The zero-order valence-electron chi connectivity index (χ0n) is 8.72. The molecule has 1 N–H and O–H groups in total. The third-order valence-corrected chi connectivity index (χ3v) is 2.05. The molecule has 0 fully saturated rings. The van der Waals surface area contributed by atoms with E-state index in [1.54, 1.807) is 0 Å². The number of rotatable bonds is 5. The van der Waals surface area contributed by atoms with E-state index in [0.29, 0.717) is 0 Å². The molecule has 0 saturated heterocycles. The highest BCUT2D eigenvalue weighted by Crippen LogP contribution is 2.17. The van der Waals surface area contributed by atoms with Crippen LogP contribution in [0.2, 0.25) is 0 Å². The Kier molecular flexibility index (Phi) is 5.19. The van der Waals surface area contributed by atoms with Crippen LogP contribution in [0.3, 0.4) is 0 Å². The molecule has 0 amide bonds. The summed E-state index contributed by atoms with van der Waals surface area (Å²) < 4.78 is 0. The second-order valence-corrected chi connectivity index (χ2v) is 3.83. The first-order valence-corrected chi connectivity index (χ1v) is 4.66. The van der Waals surface area contributed by atoms with Gasteiger partial charge in [-0.1, -0.05) is 12.8 Å². The fourth-order valence-corrected chi connectivity index (χ4v) is 0.936. The molecular formula is C11H18N2. The van der Waals surface area contributed by atoms with Gasteiger partial charge in [0.25, 0.3) is 0 Å². The number of terminal acetylenes is 1. The van der Waals surface area contributed by atoms with Crippen molar-refractivity contribution in [3.05, 3.63) is 0 Å². The first-order chi connectivity index (χ1) is 6.05. The second-order valence-electron chi connectivity index (χ2n) is 3.83. The van der Waals surface area contributed by atoms with E-state index >= 15 is 0 Å². The molecule has 1 unspecified atom stereocenters. The van der Waals surface area contributed by atoms with Crippen molar-refractivity contribution in [1.82, 2.24) is 5.32 Å². The van der Waals surface area contributed by atoms with Crippen molar-refractivity contribution < 1.29 is 0 Å². The van der Waals surface area contributed by atoms with E-state index in [1.807, 2.05) is 20.8 Å². The minimum atomic E-state index is -0.250. The molecule has 0 spiro atoms. The molecule has 0 aliphatic carbocycles. The summed E-state index contributed by atoms with van der Waals surface area (Å²) in [6.07, 6.45) is 7.06. The van der Waals surface area contributed by atoms with Crippen LogP contribution < -0.4 is 5.32 Å². The van der Waals surface area contributed by atoms with Crippen LogP contribution in [-0.2, 0) is 0 Å². The van der Waals surface area contributed by atoms with Crippen LogP contribution in [0.25, 0.3) is 0 Å². The Morgan fingerprint density at radius 2 is 2.15 bits per heavy atom. The minimum absolute atomic E-state index is 0.148. The van der Waals surface area contributed by atoms with Gasteiger partial charge in [0.2, 0.25) is 0 Å². The van der Waals surface area contributed by atoms with Crippen LogP contribution in [0, 0.1) is 29.1 Å². The summed E-state index contributed by atoms with van der Waals surface area (Å²) in [6.45, 7) is 6.73. The van der Waals surface area contributed by atoms with Gasteiger partial charge in [0.1, 0.15) is 0 Å². The Hall–Kier alpha value is -0.990. The fourth-order valence-electron chi connectivity index (χ4n) is 0.936. The summed E-state index contributed by atoms with van der Waals surface area (Å²) in [6, 6.07) is 2.41. The average molecular weight is 178 g/mol. The van der Waals surface area contributed by atoms with Gasteiger partial charge in [0.15, 0.2) is 0 Å². The number of nitrogens with zero attached hydrogens (tertiary/aromatic N) is 1. The molecule has 0 rings (SSSR count). The van der Waals surface area contributed by atoms with Crippen molar-refractivity contribution in [2.24, 2.45) is 5.41 Å². The van der Waals surface area contributed by atoms with Gasteiger partial charge in [-0.2, -0.15) is 5.26 Å². The summed E-state index contributed by atoms with van der Waals surface area (Å²) in [7, 11) is 0. The topological polar surface area (TPSA) is 35.8 Å². The molecule has 0 aliphatic rings. The Morgan fingerprint density at radius 1 is 1.54 bits per heavy atom.